The first kappa shape index (κ1) is 31.8. The van der Waals surface area contributed by atoms with Crippen LogP contribution in [0.2, 0.25) is 0 Å². The Balaban J connectivity index is 1.34. The summed E-state index contributed by atoms with van der Waals surface area (Å²) in [5.74, 6) is -1.87. The van der Waals surface area contributed by atoms with Crippen LogP contribution in [0.5, 0.6) is 0 Å². The first-order valence-corrected chi connectivity index (χ1v) is 13.5. The van der Waals surface area contributed by atoms with Crippen molar-refractivity contribution in [1.82, 2.24) is 29.7 Å². The number of benzene rings is 1. The number of β-amino-alcohol motifs (C(OH)–C–C–N with tert-alkyl or cyclic N) is 1. The number of alkyl halides is 6. The summed E-state index contributed by atoms with van der Waals surface area (Å²) >= 11 is 0. The zero-order chi connectivity index (χ0) is 32.9. The Labute approximate surface area is 248 Å². The van der Waals surface area contributed by atoms with Crippen LogP contribution in [-0.2, 0) is 18.9 Å². The zero-order valence-electron chi connectivity index (χ0n) is 23.6. The smallest absolute Gasteiger partial charge is 0.386 e. The number of hydrogen-bond acceptors (Lipinski definition) is 9. The second kappa shape index (κ2) is 11.4. The topological polar surface area (TPSA) is 142 Å². The van der Waals surface area contributed by atoms with Crippen LogP contribution in [0.15, 0.2) is 40.4 Å². The molecule has 11 nitrogen and oxygen atoms in total. The largest absolute Gasteiger partial charge is 0.423 e. The van der Waals surface area contributed by atoms with E-state index in [2.05, 4.69) is 25.4 Å². The quantitative estimate of drug-likeness (QED) is 0.244. The molecule has 1 aliphatic heterocycles. The van der Waals surface area contributed by atoms with Crippen molar-refractivity contribution in [1.29, 1.82) is 0 Å². The van der Waals surface area contributed by atoms with E-state index in [-0.39, 0.29) is 54.8 Å². The molecule has 240 valence electrons. The third kappa shape index (κ3) is 6.59. The fourth-order valence-corrected chi connectivity index (χ4v) is 5.07. The monoisotopic (exact) mass is 642 g/mol. The highest BCUT2D eigenvalue weighted by atomic mass is 19.4. The van der Waals surface area contributed by atoms with Crippen LogP contribution in [0.1, 0.15) is 37.8 Å². The first-order valence-electron chi connectivity index (χ1n) is 13.5. The lowest BCUT2D eigenvalue weighted by Gasteiger charge is -2.45. The highest BCUT2D eigenvalue weighted by Gasteiger charge is 2.43. The van der Waals surface area contributed by atoms with E-state index in [1.807, 2.05) is 0 Å². The van der Waals surface area contributed by atoms with Crippen molar-refractivity contribution in [2.75, 3.05) is 23.3 Å². The van der Waals surface area contributed by atoms with Gasteiger partial charge in [0.1, 0.15) is 22.8 Å². The van der Waals surface area contributed by atoms with E-state index in [4.69, 9.17) is 0 Å². The highest BCUT2D eigenvalue weighted by molar-refractivity contribution is 5.82. The minimum Gasteiger partial charge on any atom is -0.386 e. The molecule has 3 aromatic heterocycles. The van der Waals surface area contributed by atoms with Gasteiger partial charge in [-0.05, 0) is 38.8 Å². The minimum absolute atomic E-state index is 0.0288. The second-order valence-corrected chi connectivity index (χ2v) is 11.0. The lowest BCUT2D eigenvalue weighted by Crippen LogP contribution is -2.60. The van der Waals surface area contributed by atoms with Crippen molar-refractivity contribution in [2.24, 2.45) is 0 Å². The summed E-state index contributed by atoms with van der Waals surface area (Å²) in [6, 6.07) is 1.47. The standard InChI is InChI=1S/C27H25F7N8O3/c1-13(38-19-9-37-40-23(43)20(19)27(32,33)34)4-3-5-41-12-36-18-7-14(17(28)6-15(18)24(41)44)21-35-8-16(26(29,30)31)22(39-21)42-10-25(2,45)11-42/h6-9,12-13,45H,3-5,10-11H2,1-2H3,(H2,38,40,43). The Hall–Kier alpha value is -4.61. The van der Waals surface area contributed by atoms with E-state index < -0.39 is 63.6 Å². The average Bonchev–Trinajstić information content (AvgIpc) is 2.91. The SMILES string of the molecule is CC(CCCn1cnc2cc(-c3ncc(C(F)(F)F)c(N4CC(C)(O)C4)n3)c(F)cc2c1=O)Nc1cn[nH]c(=O)c1C(F)(F)F. The van der Waals surface area contributed by atoms with Crippen LogP contribution in [0.4, 0.5) is 42.2 Å². The van der Waals surface area contributed by atoms with Crippen LogP contribution in [-0.4, -0.2) is 59.6 Å². The Bertz CT molecular complexity index is 1860. The third-order valence-corrected chi connectivity index (χ3v) is 7.17. The molecule has 45 heavy (non-hydrogen) atoms. The predicted molar refractivity (Wildman–Crippen MR) is 147 cm³/mol. The number of nitrogens with zero attached hydrogens (tertiary/aromatic N) is 6. The van der Waals surface area contributed by atoms with E-state index in [1.165, 1.54) is 22.7 Å². The molecule has 0 bridgehead atoms. The van der Waals surface area contributed by atoms with Crippen molar-refractivity contribution < 1.29 is 35.8 Å². The summed E-state index contributed by atoms with van der Waals surface area (Å²) in [5.41, 5.74) is -6.54. The molecule has 4 heterocycles. The summed E-state index contributed by atoms with van der Waals surface area (Å²) in [6.07, 6.45) is -6.59. The number of aromatic amines is 1. The van der Waals surface area contributed by atoms with E-state index in [1.54, 1.807) is 12.0 Å². The molecule has 4 aromatic rings. The van der Waals surface area contributed by atoms with E-state index >= 15 is 4.39 Å². The van der Waals surface area contributed by atoms with Gasteiger partial charge in [-0.15, -0.1) is 0 Å². The van der Waals surface area contributed by atoms with Gasteiger partial charge in [-0.3, -0.25) is 14.2 Å². The molecule has 0 amide bonds. The maximum absolute atomic E-state index is 15.3. The van der Waals surface area contributed by atoms with E-state index in [0.717, 1.165) is 18.3 Å². The van der Waals surface area contributed by atoms with Crippen LogP contribution < -0.4 is 21.3 Å². The van der Waals surface area contributed by atoms with Gasteiger partial charge in [-0.25, -0.2) is 24.4 Å². The van der Waals surface area contributed by atoms with Gasteiger partial charge in [0.05, 0.1) is 40.3 Å². The molecule has 0 radical (unpaired) electrons. The summed E-state index contributed by atoms with van der Waals surface area (Å²) in [6.45, 7) is 2.86. The predicted octanol–water partition coefficient (Wildman–Crippen LogP) is 3.97. The van der Waals surface area contributed by atoms with Crippen LogP contribution >= 0.6 is 0 Å². The molecule has 3 N–H and O–H groups in total. The normalized spacial score (nSPS) is 15.6. The number of H-pyrrole nitrogens is 1. The second-order valence-electron chi connectivity index (χ2n) is 11.0. The molecule has 0 aliphatic carbocycles. The van der Waals surface area contributed by atoms with Gasteiger partial charge >= 0.3 is 12.4 Å². The molecular formula is C27H25F7N8O3. The van der Waals surface area contributed by atoms with Crippen molar-refractivity contribution in [2.45, 2.75) is 57.2 Å². The van der Waals surface area contributed by atoms with Crippen LogP contribution in [0, 0.1) is 5.82 Å². The van der Waals surface area contributed by atoms with Gasteiger partial charge in [0.2, 0.25) is 0 Å². The number of anilines is 2. The first-order chi connectivity index (χ1) is 20.9. The van der Waals surface area contributed by atoms with Gasteiger partial charge < -0.3 is 15.3 Å². The number of rotatable bonds is 8. The maximum Gasteiger partial charge on any atom is 0.423 e. The fraction of sp³-hybridized carbons (Fsp3) is 0.407. The van der Waals surface area contributed by atoms with Gasteiger partial charge in [0, 0.05) is 31.9 Å². The third-order valence-electron chi connectivity index (χ3n) is 7.17. The number of hydrogen-bond donors (Lipinski definition) is 3. The van der Waals surface area contributed by atoms with Crippen molar-refractivity contribution in [3.63, 3.8) is 0 Å². The van der Waals surface area contributed by atoms with Crippen molar-refractivity contribution in [3.05, 3.63) is 68.5 Å². The van der Waals surface area contributed by atoms with Crippen LogP contribution in [0.3, 0.4) is 0 Å². The Morgan fingerprint density at radius 3 is 2.44 bits per heavy atom. The molecule has 1 atom stereocenters. The van der Waals surface area contributed by atoms with Gasteiger partial charge in [0.15, 0.2) is 5.82 Å². The minimum atomic E-state index is -4.91. The van der Waals surface area contributed by atoms with E-state index in [9.17, 15) is 41.0 Å². The lowest BCUT2D eigenvalue weighted by molar-refractivity contribution is -0.138. The molecule has 5 rings (SSSR count). The van der Waals surface area contributed by atoms with Gasteiger partial charge in [0.25, 0.3) is 11.1 Å². The fourth-order valence-electron chi connectivity index (χ4n) is 5.07. The zero-order valence-corrected chi connectivity index (χ0v) is 23.6. The summed E-state index contributed by atoms with van der Waals surface area (Å²) in [4.78, 5) is 37.8. The van der Waals surface area contributed by atoms with E-state index in [0.29, 0.717) is 6.20 Å². The number of fused-ring (bicyclic) bond motifs is 1. The number of aryl methyl sites for hydroxylation is 1. The summed E-state index contributed by atoms with van der Waals surface area (Å²) in [5, 5.41) is 17.6. The van der Waals surface area contributed by atoms with Crippen molar-refractivity contribution in [3.8, 4) is 11.4 Å². The Kier molecular flexibility index (Phi) is 8.05. The molecule has 18 heteroatoms. The Morgan fingerprint density at radius 1 is 1.09 bits per heavy atom. The highest BCUT2D eigenvalue weighted by Crippen LogP contribution is 2.39. The molecule has 1 fully saturated rings. The van der Waals surface area contributed by atoms with Gasteiger partial charge in [-0.2, -0.15) is 31.4 Å². The molecule has 0 spiro atoms. The summed E-state index contributed by atoms with van der Waals surface area (Å²) < 4.78 is 97.2. The molecule has 1 unspecified atom stereocenters. The number of halogens is 7. The maximum atomic E-state index is 15.3. The van der Waals surface area contributed by atoms with Gasteiger partial charge in [-0.1, -0.05) is 0 Å². The average molecular weight is 643 g/mol. The van der Waals surface area contributed by atoms with Crippen molar-refractivity contribution >= 4 is 22.4 Å². The molecule has 1 aromatic carbocycles. The molecule has 0 saturated carbocycles. The summed E-state index contributed by atoms with van der Waals surface area (Å²) in [7, 11) is 0. The molecular weight excluding hydrogens is 617 g/mol. The van der Waals surface area contributed by atoms with Crippen LogP contribution in [0.25, 0.3) is 22.3 Å². The number of aliphatic hydroxyl groups is 1. The number of aromatic nitrogens is 6. The number of nitrogens with one attached hydrogen (secondary N) is 2. The molecule has 1 aliphatic rings. The lowest BCUT2D eigenvalue weighted by atomic mass is 9.96. The Morgan fingerprint density at radius 2 is 1.80 bits per heavy atom. The molecule has 1 saturated heterocycles.